The van der Waals surface area contributed by atoms with E-state index >= 15 is 0 Å². The third-order valence-electron chi connectivity index (χ3n) is 3.08. The van der Waals surface area contributed by atoms with Gasteiger partial charge < -0.3 is 10.2 Å². The van der Waals surface area contributed by atoms with Crippen molar-refractivity contribution in [2.75, 3.05) is 18.5 Å². The van der Waals surface area contributed by atoms with E-state index in [4.69, 9.17) is 0 Å². The fourth-order valence-corrected chi connectivity index (χ4v) is 2.00. The molecule has 0 aliphatic carbocycles. The van der Waals surface area contributed by atoms with Gasteiger partial charge in [0.15, 0.2) is 0 Å². The molecule has 0 saturated carbocycles. The Bertz CT molecular complexity index is 513. The minimum Gasteiger partial charge on any atom is -0.354 e. The van der Waals surface area contributed by atoms with Gasteiger partial charge in [0.2, 0.25) is 0 Å². The van der Waals surface area contributed by atoms with Gasteiger partial charge >= 0.3 is 0 Å². The molecule has 0 aromatic carbocycles. The molecule has 106 valence electrons. The Labute approximate surface area is 120 Å². The molecule has 0 atom stereocenters. The summed E-state index contributed by atoms with van der Waals surface area (Å²) in [5.41, 5.74) is 2.31. The van der Waals surface area contributed by atoms with Crippen LogP contribution in [0.1, 0.15) is 24.6 Å². The van der Waals surface area contributed by atoms with E-state index in [2.05, 4.69) is 39.2 Å². The molecule has 0 aliphatic heterocycles. The Kier molecular flexibility index (Phi) is 5.50. The Morgan fingerprint density at radius 3 is 2.80 bits per heavy atom. The van der Waals surface area contributed by atoms with Gasteiger partial charge in [-0.2, -0.15) is 0 Å². The van der Waals surface area contributed by atoms with E-state index in [1.165, 1.54) is 5.56 Å². The van der Waals surface area contributed by atoms with Crippen molar-refractivity contribution in [1.82, 2.24) is 15.3 Å². The van der Waals surface area contributed by atoms with E-state index in [0.29, 0.717) is 0 Å². The zero-order valence-electron chi connectivity index (χ0n) is 12.2. The lowest BCUT2D eigenvalue weighted by Gasteiger charge is -2.18. The van der Waals surface area contributed by atoms with Crippen molar-refractivity contribution in [2.45, 2.75) is 26.4 Å². The van der Waals surface area contributed by atoms with Gasteiger partial charge in [-0.3, -0.25) is 4.98 Å². The minimum absolute atomic E-state index is 0.764. The van der Waals surface area contributed by atoms with Crippen LogP contribution in [0.4, 0.5) is 5.82 Å². The summed E-state index contributed by atoms with van der Waals surface area (Å²) in [6.45, 7) is 4.87. The fourth-order valence-electron chi connectivity index (χ4n) is 2.00. The zero-order chi connectivity index (χ0) is 14.2. The molecule has 0 aliphatic rings. The van der Waals surface area contributed by atoms with Crippen molar-refractivity contribution in [3.05, 3.63) is 54.0 Å². The first-order chi connectivity index (χ1) is 9.79. The van der Waals surface area contributed by atoms with Crippen LogP contribution >= 0.6 is 0 Å². The maximum Gasteiger partial charge on any atom is 0.128 e. The lowest BCUT2D eigenvalue weighted by atomic mass is 10.2. The Balaban J connectivity index is 1.99. The molecule has 0 bridgehead atoms. The molecule has 2 aromatic heterocycles. The smallest absolute Gasteiger partial charge is 0.128 e. The van der Waals surface area contributed by atoms with Gasteiger partial charge in [-0.05, 0) is 42.8 Å². The average molecular weight is 270 g/mol. The summed E-state index contributed by atoms with van der Waals surface area (Å²) in [4.78, 5) is 10.9. The van der Waals surface area contributed by atoms with E-state index < -0.39 is 0 Å². The van der Waals surface area contributed by atoms with Gasteiger partial charge in [0.1, 0.15) is 5.82 Å². The molecule has 4 nitrogen and oxygen atoms in total. The summed E-state index contributed by atoms with van der Waals surface area (Å²) in [6, 6.07) is 10.2. The number of aromatic nitrogens is 2. The molecule has 1 N–H and O–H groups in total. The first kappa shape index (κ1) is 14.5. The zero-order valence-corrected chi connectivity index (χ0v) is 12.2. The van der Waals surface area contributed by atoms with Crippen LogP contribution in [0.25, 0.3) is 0 Å². The summed E-state index contributed by atoms with van der Waals surface area (Å²) < 4.78 is 0. The third-order valence-corrected chi connectivity index (χ3v) is 3.08. The van der Waals surface area contributed by atoms with Crippen molar-refractivity contribution < 1.29 is 0 Å². The molecule has 4 heteroatoms. The lowest BCUT2D eigenvalue weighted by molar-refractivity contribution is 0.674. The molecule has 2 rings (SSSR count). The Morgan fingerprint density at radius 2 is 2.05 bits per heavy atom. The first-order valence-corrected chi connectivity index (χ1v) is 7.06. The van der Waals surface area contributed by atoms with Crippen molar-refractivity contribution in [2.24, 2.45) is 0 Å². The molecular weight excluding hydrogens is 248 g/mol. The third kappa shape index (κ3) is 4.31. The van der Waals surface area contributed by atoms with Crippen molar-refractivity contribution >= 4 is 5.82 Å². The van der Waals surface area contributed by atoms with Crippen LogP contribution in [-0.2, 0) is 13.1 Å². The minimum atomic E-state index is 0.764. The van der Waals surface area contributed by atoms with Crippen molar-refractivity contribution in [1.29, 1.82) is 0 Å². The van der Waals surface area contributed by atoms with E-state index in [1.807, 2.05) is 37.6 Å². The standard InChI is InChI=1S/C16H22N4/c1-3-8-17-12-14-7-10-19-16(11-14)20(2)13-15-6-4-5-9-18-15/h4-7,9-11,17H,3,8,12-13H2,1-2H3. The van der Waals surface area contributed by atoms with Gasteiger partial charge in [-0.15, -0.1) is 0 Å². The number of nitrogens with zero attached hydrogens (tertiary/aromatic N) is 3. The highest BCUT2D eigenvalue weighted by Crippen LogP contribution is 2.13. The van der Waals surface area contributed by atoms with Crippen LogP contribution in [0.2, 0.25) is 0 Å². The Morgan fingerprint density at radius 1 is 1.15 bits per heavy atom. The van der Waals surface area contributed by atoms with Crippen LogP contribution < -0.4 is 10.2 Å². The second-order valence-electron chi connectivity index (χ2n) is 4.88. The van der Waals surface area contributed by atoms with Crippen LogP contribution in [-0.4, -0.2) is 23.6 Å². The number of nitrogens with one attached hydrogen (secondary N) is 1. The quantitative estimate of drug-likeness (QED) is 0.785. The molecule has 0 unspecified atom stereocenters. The van der Waals surface area contributed by atoms with Gasteiger partial charge in [0.05, 0.1) is 12.2 Å². The molecule has 0 radical (unpaired) electrons. The predicted molar refractivity (Wildman–Crippen MR) is 82.6 cm³/mol. The molecule has 0 spiro atoms. The lowest BCUT2D eigenvalue weighted by Crippen LogP contribution is -2.19. The van der Waals surface area contributed by atoms with E-state index in [-0.39, 0.29) is 0 Å². The first-order valence-electron chi connectivity index (χ1n) is 7.06. The predicted octanol–water partition coefficient (Wildman–Crippen LogP) is 2.61. The highest BCUT2D eigenvalue weighted by molar-refractivity contribution is 5.40. The normalized spacial score (nSPS) is 10.5. The summed E-state index contributed by atoms with van der Waals surface area (Å²) in [5.74, 6) is 0.978. The highest BCUT2D eigenvalue weighted by Gasteiger charge is 2.05. The summed E-state index contributed by atoms with van der Waals surface area (Å²) in [6.07, 6.45) is 4.84. The van der Waals surface area contributed by atoms with Crippen LogP contribution in [0.3, 0.4) is 0 Å². The van der Waals surface area contributed by atoms with E-state index in [0.717, 1.165) is 37.6 Å². The maximum atomic E-state index is 4.43. The van der Waals surface area contributed by atoms with E-state index in [9.17, 15) is 0 Å². The second-order valence-corrected chi connectivity index (χ2v) is 4.88. The number of rotatable bonds is 7. The SMILES string of the molecule is CCCNCc1ccnc(N(C)Cc2ccccn2)c1. The van der Waals surface area contributed by atoms with Crippen molar-refractivity contribution in [3.8, 4) is 0 Å². The van der Waals surface area contributed by atoms with Crippen LogP contribution in [0.5, 0.6) is 0 Å². The number of hydrogen-bond donors (Lipinski definition) is 1. The van der Waals surface area contributed by atoms with Gasteiger partial charge in [0.25, 0.3) is 0 Å². The van der Waals surface area contributed by atoms with Gasteiger partial charge in [-0.25, -0.2) is 4.98 Å². The summed E-state index contributed by atoms with van der Waals surface area (Å²) in [7, 11) is 2.04. The fraction of sp³-hybridized carbons (Fsp3) is 0.375. The maximum absolute atomic E-state index is 4.43. The van der Waals surface area contributed by atoms with Crippen LogP contribution in [0.15, 0.2) is 42.7 Å². The van der Waals surface area contributed by atoms with Gasteiger partial charge in [-0.1, -0.05) is 13.0 Å². The monoisotopic (exact) mass is 270 g/mol. The van der Waals surface area contributed by atoms with Crippen molar-refractivity contribution in [3.63, 3.8) is 0 Å². The second kappa shape index (κ2) is 7.60. The molecule has 0 saturated heterocycles. The number of hydrogen-bond acceptors (Lipinski definition) is 4. The largest absolute Gasteiger partial charge is 0.354 e. The molecular formula is C16H22N4. The number of pyridine rings is 2. The topological polar surface area (TPSA) is 41.1 Å². The molecule has 0 fully saturated rings. The van der Waals surface area contributed by atoms with Crippen LogP contribution in [0, 0.1) is 0 Å². The highest BCUT2D eigenvalue weighted by atomic mass is 15.2. The summed E-state index contributed by atoms with van der Waals surface area (Å²) >= 11 is 0. The molecule has 20 heavy (non-hydrogen) atoms. The number of anilines is 1. The molecule has 0 amide bonds. The summed E-state index contributed by atoms with van der Waals surface area (Å²) in [5, 5.41) is 3.41. The Hall–Kier alpha value is -1.94. The molecule has 2 heterocycles. The van der Waals surface area contributed by atoms with E-state index in [1.54, 1.807) is 0 Å². The molecule has 2 aromatic rings. The average Bonchev–Trinajstić information content (AvgIpc) is 2.49. The van der Waals surface area contributed by atoms with Gasteiger partial charge in [0, 0.05) is 26.0 Å².